The molecule has 0 spiro atoms. The molecule has 0 aliphatic carbocycles. The van der Waals surface area contributed by atoms with Gasteiger partial charge in [0.15, 0.2) is 5.65 Å². The van der Waals surface area contributed by atoms with Gasteiger partial charge in [-0.1, -0.05) is 13.8 Å². The van der Waals surface area contributed by atoms with E-state index in [1.54, 1.807) is 0 Å². The first-order valence-electron chi connectivity index (χ1n) is 6.48. The minimum absolute atomic E-state index is 0.0985. The highest BCUT2D eigenvalue weighted by atomic mass is 32.2. The van der Waals surface area contributed by atoms with Crippen LogP contribution in [0.15, 0.2) is 12.4 Å². The molecule has 0 saturated heterocycles. The topological polar surface area (TPSA) is 112 Å². The summed E-state index contributed by atoms with van der Waals surface area (Å²) < 4.78 is 28.8. The summed E-state index contributed by atoms with van der Waals surface area (Å²) in [5, 5.41) is 13.4. The van der Waals surface area contributed by atoms with Crippen LogP contribution in [0.2, 0.25) is 0 Å². The predicted octanol–water partition coefficient (Wildman–Crippen LogP) is 0.694. The van der Waals surface area contributed by atoms with Crippen LogP contribution in [0, 0.1) is 0 Å². The molecule has 0 amide bonds. The fourth-order valence-electron chi connectivity index (χ4n) is 1.61. The largest absolute Gasteiger partial charge is 0.475 e. The number of nitrogens with zero attached hydrogens (tertiary/aromatic N) is 4. The highest BCUT2D eigenvalue weighted by molar-refractivity contribution is 7.90. The van der Waals surface area contributed by atoms with E-state index < -0.39 is 14.8 Å². The summed E-state index contributed by atoms with van der Waals surface area (Å²) in [5.74, 6) is 0.478. The molecule has 21 heavy (non-hydrogen) atoms. The van der Waals surface area contributed by atoms with Gasteiger partial charge in [-0.2, -0.15) is 0 Å². The smallest absolute Gasteiger partial charge is 0.237 e. The number of ether oxygens (including phenoxy) is 1. The molecular formula is C12H19N5O3S. The molecule has 0 bridgehead atoms. The molecule has 0 saturated carbocycles. The third-order valence-corrected chi connectivity index (χ3v) is 4.88. The first-order chi connectivity index (χ1) is 9.62. The van der Waals surface area contributed by atoms with Gasteiger partial charge in [-0.3, -0.25) is 0 Å². The number of sulfonamides is 1. The van der Waals surface area contributed by atoms with Gasteiger partial charge in [0.25, 0.3) is 0 Å². The van der Waals surface area contributed by atoms with Gasteiger partial charge in [0.2, 0.25) is 15.9 Å². The van der Waals surface area contributed by atoms with Gasteiger partial charge in [0.1, 0.15) is 17.7 Å². The lowest BCUT2D eigenvalue weighted by Gasteiger charge is -2.22. The SMILES string of the molecule is CC(C)c1cc2ncnn2nc1OCC(C)(C)S(N)(=O)=O. The Bertz CT molecular complexity index is 751. The quantitative estimate of drug-likeness (QED) is 0.869. The monoisotopic (exact) mass is 313 g/mol. The summed E-state index contributed by atoms with van der Waals surface area (Å²) in [6, 6.07) is 1.82. The molecule has 2 heterocycles. The highest BCUT2D eigenvalue weighted by Gasteiger charge is 2.32. The lowest BCUT2D eigenvalue weighted by molar-refractivity contribution is 0.262. The average molecular weight is 313 g/mol. The first-order valence-corrected chi connectivity index (χ1v) is 8.02. The van der Waals surface area contributed by atoms with Crippen molar-refractivity contribution in [3.63, 3.8) is 0 Å². The molecule has 2 aromatic heterocycles. The van der Waals surface area contributed by atoms with E-state index >= 15 is 0 Å². The zero-order valence-electron chi connectivity index (χ0n) is 12.4. The van der Waals surface area contributed by atoms with Crippen molar-refractivity contribution in [2.45, 2.75) is 38.4 Å². The zero-order valence-corrected chi connectivity index (χ0v) is 13.3. The molecular weight excluding hydrogens is 294 g/mol. The van der Waals surface area contributed by atoms with E-state index in [9.17, 15) is 8.42 Å². The average Bonchev–Trinajstić information content (AvgIpc) is 2.80. The maximum absolute atomic E-state index is 11.5. The summed E-state index contributed by atoms with van der Waals surface area (Å²) >= 11 is 0. The van der Waals surface area contributed by atoms with Crippen LogP contribution in [0.1, 0.15) is 39.2 Å². The maximum atomic E-state index is 11.5. The van der Waals surface area contributed by atoms with Crippen molar-refractivity contribution in [1.29, 1.82) is 0 Å². The third kappa shape index (κ3) is 3.13. The Kier molecular flexibility index (Phi) is 3.89. The Balaban J connectivity index is 2.35. The maximum Gasteiger partial charge on any atom is 0.237 e. The van der Waals surface area contributed by atoms with Crippen molar-refractivity contribution in [3.8, 4) is 5.88 Å². The minimum atomic E-state index is -3.72. The Morgan fingerprint density at radius 3 is 2.67 bits per heavy atom. The number of hydrogen-bond acceptors (Lipinski definition) is 6. The fraction of sp³-hybridized carbons (Fsp3) is 0.583. The van der Waals surface area contributed by atoms with E-state index in [2.05, 4.69) is 15.2 Å². The number of hydrogen-bond donors (Lipinski definition) is 1. The van der Waals surface area contributed by atoms with Crippen molar-refractivity contribution in [2.75, 3.05) is 6.61 Å². The molecule has 0 aliphatic heterocycles. The van der Waals surface area contributed by atoms with Gasteiger partial charge in [-0.15, -0.1) is 14.8 Å². The lowest BCUT2D eigenvalue weighted by Crippen LogP contribution is -2.43. The van der Waals surface area contributed by atoms with E-state index in [1.165, 1.54) is 24.8 Å². The Morgan fingerprint density at radius 1 is 1.43 bits per heavy atom. The van der Waals surface area contributed by atoms with E-state index in [0.717, 1.165) is 5.56 Å². The van der Waals surface area contributed by atoms with Crippen LogP contribution in [0.4, 0.5) is 0 Å². The van der Waals surface area contributed by atoms with E-state index in [1.807, 2.05) is 19.9 Å². The molecule has 0 radical (unpaired) electrons. The number of fused-ring (bicyclic) bond motifs is 1. The summed E-state index contributed by atoms with van der Waals surface area (Å²) in [5.41, 5.74) is 1.44. The number of primary sulfonamides is 1. The van der Waals surface area contributed by atoms with E-state index in [-0.39, 0.29) is 12.5 Å². The standard InChI is InChI=1S/C12H19N5O3S/c1-8(2)9-5-10-14-7-15-17(10)16-11(9)20-6-12(3,4)21(13,18)19/h5,7-8H,6H2,1-4H3,(H2,13,18,19). The van der Waals surface area contributed by atoms with Crippen LogP contribution in [0.25, 0.3) is 5.65 Å². The van der Waals surface area contributed by atoms with Crippen molar-refractivity contribution in [2.24, 2.45) is 5.14 Å². The molecule has 2 N–H and O–H groups in total. The minimum Gasteiger partial charge on any atom is -0.475 e. The van der Waals surface area contributed by atoms with Gasteiger partial charge in [-0.05, 0) is 25.8 Å². The summed E-state index contributed by atoms with van der Waals surface area (Å²) in [7, 11) is -3.72. The Hall–Kier alpha value is -1.74. The number of aromatic nitrogens is 4. The number of rotatable bonds is 5. The van der Waals surface area contributed by atoms with Gasteiger partial charge in [0, 0.05) is 5.56 Å². The second-order valence-electron chi connectivity index (χ2n) is 5.76. The van der Waals surface area contributed by atoms with Crippen molar-refractivity contribution >= 4 is 15.7 Å². The molecule has 0 aromatic carbocycles. The second-order valence-corrected chi connectivity index (χ2v) is 7.96. The highest BCUT2D eigenvalue weighted by Crippen LogP contribution is 2.26. The molecule has 9 heteroatoms. The van der Waals surface area contributed by atoms with Gasteiger partial charge in [0.05, 0.1) is 0 Å². The molecule has 0 atom stereocenters. The predicted molar refractivity (Wildman–Crippen MR) is 77.6 cm³/mol. The van der Waals surface area contributed by atoms with Crippen LogP contribution in [-0.4, -0.2) is 39.6 Å². The lowest BCUT2D eigenvalue weighted by atomic mass is 10.1. The molecule has 8 nitrogen and oxygen atoms in total. The van der Waals surface area contributed by atoms with Crippen LogP contribution in [0.3, 0.4) is 0 Å². The van der Waals surface area contributed by atoms with Crippen LogP contribution >= 0.6 is 0 Å². The Labute approximate surface area is 123 Å². The summed E-state index contributed by atoms with van der Waals surface area (Å²) in [6.45, 7) is 6.89. The van der Waals surface area contributed by atoms with Gasteiger partial charge < -0.3 is 4.74 Å². The van der Waals surface area contributed by atoms with E-state index in [4.69, 9.17) is 9.88 Å². The Morgan fingerprint density at radius 2 is 2.10 bits per heavy atom. The number of nitrogens with two attached hydrogens (primary N) is 1. The first kappa shape index (κ1) is 15.6. The van der Waals surface area contributed by atoms with Crippen LogP contribution in [0.5, 0.6) is 5.88 Å². The molecule has 0 aliphatic rings. The molecule has 2 aromatic rings. The molecule has 2 rings (SSSR count). The second kappa shape index (κ2) is 5.23. The van der Waals surface area contributed by atoms with Crippen LogP contribution in [-0.2, 0) is 10.0 Å². The van der Waals surface area contributed by atoms with Gasteiger partial charge >= 0.3 is 0 Å². The zero-order chi connectivity index (χ0) is 15.8. The normalized spacial score (nSPS) is 13.0. The molecule has 0 unspecified atom stereocenters. The van der Waals surface area contributed by atoms with Gasteiger partial charge in [-0.25, -0.2) is 18.5 Å². The van der Waals surface area contributed by atoms with Crippen molar-refractivity contribution in [3.05, 3.63) is 18.0 Å². The van der Waals surface area contributed by atoms with Crippen molar-refractivity contribution < 1.29 is 13.2 Å². The van der Waals surface area contributed by atoms with Crippen molar-refractivity contribution in [1.82, 2.24) is 19.8 Å². The molecule has 0 fully saturated rings. The molecule has 116 valence electrons. The fourth-order valence-corrected chi connectivity index (χ4v) is 1.83. The van der Waals surface area contributed by atoms with Crippen LogP contribution < -0.4 is 9.88 Å². The van der Waals surface area contributed by atoms with E-state index in [0.29, 0.717) is 11.5 Å². The summed E-state index contributed by atoms with van der Waals surface area (Å²) in [4.78, 5) is 4.07. The summed E-state index contributed by atoms with van der Waals surface area (Å²) in [6.07, 6.45) is 1.39. The third-order valence-electron chi connectivity index (χ3n) is 3.22.